The Bertz CT molecular complexity index is 943. The van der Waals surface area contributed by atoms with Crippen LogP contribution in [-0.2, 0) is 4.79 Å². The zero-order chi connectivity index (χ0) is 17.4. The molecule has 1 aliphatic rings. The number of hydrogen-bond acceptors (Lipinski definition) is 3. The maximum atomic E-state index is 12.7. The zero-order valence-corrected chi connectivity index (χ0v) is 14.4. The number of nitrogens with zero attached hydrogens (tertiary/aromatic N) is 2. The van der Waals surface area contributed by atoms with Gasteiger partial charge in [0.25, 0.3) is 5.91 Å². The molecule has 3 aromatic rings. The molecule has 6 heteroatoms. The van der Waals surface area contributed by atoms with Crippen molar-refractivity contribution in [1.82, 2.24) is 9.47 Å². The second kappa shape index (κ2) is 6.37. The Morgan fingerprint density at radius 2 is 1.96 bits per heavy atom. The standard InChI is InChI=1S/C19H18N2O3S/c22-18(20-10-3-5-14(12-20)19(23)24)16-7-8-17(25-16)21-11-9-13-4-1-2-6-15(13)21/h1-2,4,6-9,11,14H,3,5,10,12H2,(H,23,24). The van der Waals surface area contributed by atoms with E-state index in [1.54, 1.807) is 4.90 Å². The highest BCUT2D eigenvalue weighted by Gasteiger charge is 2.29. The van der Waals surface area contributed by atoms with Gasteiger partial charge < -0.3 is 14.6 Å². The molecule has 25 heavy (non-hydrogen) atoms. The Kier molecular flexibility index (Phi) is 4.05. The maximum absolute atomic E-state index is 12.7. The second-order valence-corrected chi connectivity index (χ2v) is 7.37. The smallest absolute Gasteiger partial charge is 0.308 e. The van der Waals surface area contributed by atoms with Gasteiger partial charge in [0.05, 0.1) is 16.3 Å². The van der Waals surface area contributed by atoms with E-state index in [4.69, 9.17) is 0 Å². The number of piperidine rings is 1. The molecule has 128 valence electrons. The lowest BCUT2D eigenvalue weighted by Crippen LogP contribution is -2.42. The highest BCUT2D eigenvalue weighted by Crippen LogP contribution is 2.28. The number of para-hydroxylation sites is 1. The fourth-order valence-electron chi connectivity index (χ4n) is 3.37. The number of carboxylic acid groups (broad SMARTS) is 1. The molecule has 0 bridgehead atoms. The SMILES string of the molecule is O=C(O)C1CCCN(C(=O)c2ccc(-n3ccc4ccccc43)s2)C1. The van der Waals surface area contributed by atoms with E-state index >= 15 is 0 Å². The molecule has 0 radical (unpaired) electrons. The van der Waals surface area contributed by atoms with Crippen LogP contribution in [0.3, 0.4) is 0 Å². The summed E-state index contributed by atoms with van der Waals surface area (Å²) in [5, 5.41) is 11.3. The third-order valence-electron chi connectivity index (χ3n) is 4.70. The summed E-state index contributed by atoms with van der Waals surface area (Å²) in [4.78, 5) is 26.3. The minimum Gasteiger partial charge on any atom is -0.481 e. The Morgan fingerprint density at radius 3 is 2.80 bits per heavy atom. The van der Waals surface area contributed by atoms with Crippen LogP contribution in [-0.4, -0.2) is 39.5 Å². The van der Waals surface area contributed by atoms with Gasteiger partial charge in [0.15, 0.2) is 0 Å². The third-order valence-corrected chi connectivity index (χ3v) is 5.77. The average Bonchev–Trinajstić information content (AvgIpc) is 3.28. The number of carbonyl (C=O) groups excluding carboxylic acids is 1. The number of aromatic nitrogens is 1. The summed E-state index contributed by atoms with van der Waals surface area (Å²) in [6.45, 7) is 0.927. The van der Waals surface area contributed by atoms with E-state index in [0.29, 0.717) is 24.4 Å². The number of likely N-dealkylation sites (tertiary alicyclic amines) is 1. The molecule has 1 atom stereocenters. The number of fused-ring (bicyclic) bond motifs is 1. The van der Waals surface area contributed by atoms with Gasteiger partial charge in [-0.25, -0.2) is 0 Å². The van der Waals surface area contributed by atoms with Gasteiger partial charge in [-0.05, 0) is 42.5 Å². The van der Waals surface area contributed by atoms with Crippen LogP contribution in [0.1, 0.15) is 22.5 Å². The van der Waals surface area contributed by atoms with Crippen molar-refractivity contribution in [1.29, 1.82) is 0 Å². The van der Waals surface area contributed by atoms with Gasteiger partial charge in [-0.1, -0.05) is 18.2 Å². The van der Waals surface area contributed by atoms with Crippen LogP contribution in [0.4, 0.5) is 0 Å². The first-order chi connectivity index (χ1) is 12.1. The Hall–Kier alpha value is -2.60. The highest BCUT2D eigenvalue weighted by molar-refractivity contribution is 7.16. The summed E-state index contributed by atoms with van der Waals surface area (Å²) in [5.74, 6) is -1.34. The second-order valence-electron chi connectivity index (χ2n) is 6.31. The molecule has 1 aromatic carbocycles. The van der Waals surface area contributed by atoms with Crippen molar-refractivity contribution in [2.45, 2.75) is 12.8 Å². The fraction of sp³-hybridized carbons (Fsp3) is 0.263. The number of amides is 1. The van der Waals surface area contributed by atoms with Crippen LogP contribution in [0.2, 0.25) is 0 Å². The molecule has 1 N–H and O–H groups in total. The van der Waals surface area contributed by atoms with Crippen molar-refractivity contribution in [3.8, 4) is 5.00 Å². The Labute approximate surface area is 149 Å². The van der Waals surface area contributed by atoms with E-state index in [1.807, 2.05) is 30.5 Å². The number of hydrogen-bond donors (Lipinski definition) is 1. The number of rotatable bonds is 3. The topological polar surface area (TPSA) is 62.5 Å². The lowest BCUT2D eigenvalue weighted by molar-refractivity contribution is -0.143. The first-order valence-corrected chi connectivity index (χ1v) is 9.13. The fourth-order valence-corrected chi connectivity index (χ4v) is 4.34. The zero-order valence-electron chi connectivity index (χ0n) is 13.6. The van der Waals surface area contributed by atoms with Crippen LogP contribution in [0, 0.1) is 5.92 Å². The number of thiophene rings is 1. The summed E-state index contributed by atoms with van der Waals surface area (Å²) >= 11 is 1.44. The van der Waals surface area contributed by atoms with Crippen molar-refractivity contribution < 1.29 is 14.7 Å². The summed E-state index contributed by atoms with van der Waals surface area (Å²) in [6.07, 6.45) is 3.39. The minimum absolute atomic E-state index is 0.0707. The Balaban J connectivity index is 1.58. The van der Waals surface area contributed by atoms with E-state index in [1.165, 1.54) is 11.3 Å². The van der Waals surface area contributed by atoms with Crippen LogP contribution < -0.4 is 0 Å². The minimum atomic E-state index is -0.817. The van der Waals surface area contributed by atoms with Gasteiger partial charge in [-0.2, -0.15) is 0 Å². The van der Waals surface area contributed by atoms with E-state index in [0.717, 1.165) is 22.3 Å². The lowest BCUT2D eigenvalue weighted by atomic mass is 9.98. The predicted octanol–water partition coefficient (Wildman–Crippen LogP) is 3.63. The van der Waals surface area contributed by atoms with Gasteiger partial charge in [0.2, 0.25) is 0 Å². The largest absolute Gasteiger partial charge is 0.481 e. The molecule has 1 amide bonds. The highest BCUT2D eigenvalue weighted by atomic mass is 32.1. The average molecular weight is 354 g/mol. The normalized spacial score (nSPS) is 17.8. The molecule has 5 nitrogen and oxygen atoms in total. The molecular weight excluding hydrogens is 336 g/mol. The molecule has 0 aliphatic carbocycles. The van der Waals surface area contributed by atoms with Gasteiger partial charge in [-0.15, -0.1) is 11.3 Å². The van der Waals surface area contributed by atoms with Gasteiger partial charge in [0, 0.05) is 19.3 Å². The molecule has 1 unspecified atom stereocenters. The van der Waals surface area contributed by atoms with Crippen LogP contribution >= 0.6 is 11.3 Å². The third kappa shape index (κ3) is 2.93. The maximum Gasteiger partial charge on any atom is 0.308 e. The van der Waals surface area contributed by atoms with Gasteiger partial charge in [0.1, 0.15) is 5.00 Å². The predicted molar refractivity (Wildman–Crippen MR) is 97.4 cm³/mol. The number of aliphatic carboxylic acids is 1. The molecule has 2 aromatic heterocycles. The summed E-state index contributed by atoms with van der Waals surface area (Å²) in [5.41, 5.74) is 1.10. The summed E-state index contributed by atoms with van der Waals surface area (Å²) in [7, 11) is 0. The number of benzene rings is 1. The van der Waals surface area contributed by atoms with E-state index < -0.39 is 11.9 Å². The number of carboxylic acids is 1. The monoisotopic (exact) mass is 354 g/mol. The van der Waals surface area contributed by atoms with Crippen LogP contribution in [0.15, 0.2) is 48.7 Å². The number of carbonyl (C=O) groups is 2. The van der Waals surface area contributed by atoms with Crippen molar-refractivity contribution in [3.63, 3.8) is 0 Å². The van der Waals surface area contributed by atoms with Gasteiger partial charge in [-0.3, -0.25) is 9.59 Å². The van der Waals surface area contributed by atoms with Crippen LogP contribution in [0.5, 0.6) is 0 Å². The molecule has 1 fully saturated rings. The molecule has 0 spiro atoms. The van der Waals surface area contributed by atoms with Crippen molar-refractivity contribution in [2.24, 2.45) is 5.92 Å². The molecule has 1 saturated heterocycles. The molecular formula is C19H18N2O3S. The first kappa shape index (κ1) is 15.9. The summed E-state index contributed by atoms with van der Waals surface area (Å²) in [6, 6.07) is 14.0. The van der Waals surface area contributed by atoms with E-state index in [9.17, 15) is 14.7 Å². The lowest BCUT2D eigenvalue weighted by Gasteiger charge is -2.30. The first-order valence-electron chi connectivity index (χ1n) is 8.32. The molecule has 4 rings (SSSR count). The van der Waals surface area contributed by atoms with Crippen molar-refractivity contribution >= 4 is 34.1 Å². The molecule has 0 saturated carbocycles. The van der Waals surface area contributed by atoms with E-state index in [-0.39, 0.29) is 5.91 Å². The van der Waals surface area contributed by atoms with Gasteiger partial charge >= 0.3 is 5.97 Å². The Morgan fingerprint density at radius 1 is 1.12 bits per heavy atom. The summed E-state index contributed by atoms with van der Waals surface area (Å²) < 4.78 is 2.08. The van der Waals surface area contributed by atoms with Crippen molar-refractivity contribution in [3.05, 3.63) is 53.5 Å². The quantitative estimate of drug-likeness (QED) is 0.781. The van der Waals surface area contributed by atoms with E-state index in [2.05, 4.69) is 22.8 Å². The molecule has 3 heterocycles. The molecule has 1 aliphatic heterocycles. The van der Waals surface area contributed by atoms with Crippen LogP contribution in [0.25, 0.3) is 15.9 Å². The van der Waals surface area contributed by atoms with Crippen molar-refractivity contribution in [2.75, 3.05) is 13.1 Å².